The van der Waals surface area contributed by atoms with Crippen LogP contribution in [0.3, 0.4) is 0 Å². The number of hydrogen-bond acceptors (Lipinski definition) is 5. The van der Waals surface area contributed by atoms with E-state index in [-0.39, 0.29) is 17.8 Å². The molecule has 0 fully saturated rings. The molecule has 0 saturated carbocycles. The predicted octanol–water partition coefficient (Wildman–Crippen LogP) is 4.58. The molecule has 0 bridgehead atoms. The molecule has 1 amide bonds. The zero-order valence-corrected chi connectivity index (χ0v) is 15.8. The fourth-order valence-electron chi connectivity index (χ4n) is 2.59. The normalized spacial score (nSPS) is 11.3. The number of nitrogens with zero attached hydrogens (tertiary/aromatic N) is 2. The highest BCUT2D eigenvalue weighted by atomic mass is 35.5. The summed E-state index contributed by atoms with van der Waals surface area (Å²) in [5, 5.41) is 12.2. The maximum Gasteiger partial charge on any atom is 0.255 e. The Hall–Kier alpha value is -3.56. The summed E-state index contributed by atoms with van der Waals surface area (Å²) in [4.78, 5) is 16.4. The van der Waals surface area contributed by atoms with Crippen LogP contribution in [0, 0.1) is 11.3 Å². The van der Waals surface area contributed by atoms with Gasteiger partial charge in [0.1, 0.15) is 6.10 Å². The van der Waals surface area contributed by atoms with Crippen LogP contribution in [0.2, 0.25) is 5.02 Å². The van der Waals surface area contributed by atoms with Crippen molar-refractivity contribution in [3.05, 3.63) is 82.5 Å². The number of ether oxygens (including phenoxy) is 1. The molecule has 6 nitrogen and oxygen atoms in total. The van der Waals surface area contributed by atoms with Crippen molar-refractivity contribution < 1.29 is 9.53 Å². The number of nitrogens with two attached hydrogens (primary N) is 1. The van der Waals surface area contributed by atoms with Gasteiger partial charge in [0.05, 0.1) is 16.7 Å². The van der Waals surface area contributed by atoms with E-state index in [9.17, 15) is 4.79 Å². The first kappa shape index (κ1) is 19.2. The summed E-state index contributed by atoms with van der Waals surface area (Å²) in [5.74, 6) is 0.340. The van der Waals surface area contributed by atoms with Crippen molar-refractivity contribution in [2.24, 2.45) is 0 Å². The maximum atomic E-state index is 12.4. The predicted molar refractivity (Wildman–Crippen MR) is 108 cm³/mol. The molecule has 0 aliphatic carbocycles. The highest BCUT2D eigenvalue weighted by Crippen LogP contribution is 2.29. The molecule has 2 aromatic carbocycles. The minimum absolute atomic E-state index is 0.248. The summed E-state index contributed by atoms with van der Waals surface area (Å²) in [7, 11) is 0. The lowest BCUT2D eigenvalue weighted by atomic mass is 10.1. The second-order valence-electron chi connectivity index (χ2n) is 6.07. The number of nitriles is 1. The molecule has 0 aliphatic heterocycles. The van der Waals surface area contributed by atoms with E-state index in [0.29, 0.717) is 27.6 Å². The number of carbonyl (C=O) groups excluding carboxylic acids is 1. The molecule has 0 aliphatic rings. The van der Waals surface area contributed by atoms with Crippen molar-refractivity contribution in [1.82, 2.24) is 4.98 Å². The van der Waals surface area contributed by atoms with Crippen LogP contribution in [0.25, 0.3) is 0 Å². The standard InChI is InChI=1S/C21H17ClN4O2/c1-13(28-19-10-17(22)12-25-20(19)24)15-5-3-7-18(9-15)26-21(27)16-6-2-4-14(8-16)11-23/h2-10,12-13H,1H3,(H2,24,25)(H,26,27). The van der Waals surface area contributed by atoms with Gasteiger partial charge >= 0.3 is 0 Å². The van der Waals surface area contributed by atoms with E-state index in [1.165, 1.54) is 6.20 Å². The average molecular weight is 393 g/mol. The number of halogens is 1. The van der Waals surface area contributed by atoms with E-state index >= 15 is 0 Å². The molecule has 0 spiro atoms. The van der Waals surface area contributed by atoms with Crippen molar-refractivity contribution in [3.63, 3.8) is 0 Å². The second kappa shape index (κ2) is 8.42. The number of anilines is 2. The molecule has 1 heterocycles. The minimum atomic E-state index is -0.346. The highest BCUT2D eigenvalue weighted by Gasteiger charge is 2.13. The van der Waals surface area contributed by atoms with E-state index in [2.05, 4.69) is 10.3 Å². The van der Waals surface area contributed by atoms with E-state index in [1.807, 2.05) is 31.2 Å². The van der Waals surface area contributed by atoms with E-state index in [4.69, 9.17) is 27.3 Å². The Morgan fingerprint density at radius 2 is 2.04 bits per heavy atom. The SMILES string of the molecule is CC(Oc1cc(Cl)cnc1N)c1cccc(NC(=O)c2cccc(C#N)c2)c1. The number of benzene rings is 2. The Kier molecular flexibility index (Phi) is 5.78. The molecule has 1 unspecified atom stereocenters. The Morgan fingerprint density at radius 1 is 1.25 bits per heavy atom. The van der Waals surface area contributed by atoms with Gasteiger partial charge < -0.3 is 15.8 Å². The van der Waals surface area contributed by atoms with E-state index in [0.717, 1.165) is 5.56 Å². The molecule has 0 saturated heterocycles. The molecule has 140 valence electrons. The molecule has 0 radical (unpaired) electrons. The highest BCUT2D eigenvalue weighted by molar-refractivity contribution is 6.30. The van der Waals surface area contributed by atoms with Gasteiger partial charge in [0.15, 0.2) is 11.6 Å². The number of nitrogens with one attached hydrogen (secondary N) is 1. The summed E-state index contributed by atoms with van der Waals surface area (Å²) in [6.07, 6.45) is 1.10. The third-order valence-corrected chi connectivity index (χ3v) is 4.23. The van der Waals surface area contributed by atoms with Crippen molar-refractivity contribution in [3.8, 4) is 11.8 Å². The van der Waals surface area contributed by atoms with Crippen molar-refractivity contribution in [1.29, 1.82) is 5.26 Å². The lowest BCUT2D eigenvalue weighted by molar-refractivity contribution is 0.102. The van der Waals surface area contributed by atoms with Crippen LogP contribution in [-0.4, -0.2) is 10.9 Å². The van der Waals surface area contributed by atoms with Gasteiger partial charge in [-0.25, -0.2) is 4.98 Å². The van der Waals surface area contributed by atoms with Gasteiger partial charge in [-0.1, -0.05) is 29.8 Å². The zero-order valence-electron chi connectivity index (χ0n) is 15.0. The van der Waals surface area contributed by atoms with Gasteiger partial charge in [0.25, 0.3) is 5.91 Å². The maximum absolute atomic E-state index is 12.4. The fraction of sp³-hybridized carbons (Fsp3) is 0.0952. The van der Waals surface area contributed by atoms with Crippen LogP contribution >= 0.6 is 11.6 Å². The first-order valence-corrected chi connectivity index (χ1v) is 8.83. The van der Waals surface area contributed by atoms with Crippen LogP contribution in [0.15, 0.2) is 60.8 Å². The average Bonchev–Trinajstić information content (AvgIpc) is 2.71. The van der Waals surface area contributed by atoms with Crippen LogP contribution in [0.1, 0.15) is 34.5 Å². The monoisotopic (exact) mass is 392 g/mol. The fourth-order valence-corrected chi connectivity index (χ4v) is 2.73. The van der Waals surface area contributed by atoms with Gasteiger partial charge in [0, 0.05) is 23.5 Å². The number of nitrogen functional groups attached to an aromatic ring is 1. The molecule has 7 heteroatoms. The summed E-state index contributed by atoms with van der Waals surface area (Å²) >= 11 is 5.94. The molecular formula is C21H17ClN4O2. The topological polar surface area (TPSA) is 101 Å². The number of rotatable bonds is 5. The largest absolute Gasteiger partial charge is 0.482 e. The summed E-state index contributed by atoms with van der Waals surface area (Å²) < 4.78 is 5.87. The third-order valence-electron chi connectivity index (χ3n) is 4.02. The smallest absolute Gasteiger partial charge is 0.255 e. The van der Waals surface area contributed by atoms with Gasteiger partial charge in [0.2, 0.25) is 0 Å². The van der Waals surface area contributed by atoms with Crippen molar-refractivity contribution in [2.75, 3.05) is 11.1 Å². The van der Waals surface area contributed by atoms with Gasteiger partial charge in [-0.15, -0.1) is 0 Å². The van der Waals surface area contributed by atoms with Gasteiger partial charge in [-0.2, -0.15) is 5.26 Å². The Morgan fingerprint density at radius 3 is 2.82 bits per heavy atom. The van der Waals surface area contributed by atoms with Crippen LogP contribution in [0.5, 0.6) is 5.75 Å². The summed E-state index contributed by atoms with van der Waals surface area (Å²) in [6, 6.07) is 17.4. The Balaban J connectivity index is 1.75. The van der Waals surface area contributed by atoms with E-state index in [1.54, 1.807) is 36.4 Å². The Bertz CT molecular complexity index is 1060. The molecular weight excluding hydrogens is 376 g/mol. The second-order valence-corrected chi connectivity index (χ2v) is 6.51. The minimum Gasteiger partial charge on any atom is -0.482 e. The number of carbonyl (C=O) groups is 1. The third kappa shape index (κ3) is 4.58. The molecule has 3 rings (SSSR count). The van der Waals surface area contributed by atoms with Gasteiger partial charge in [-0.3, -0.25) is 4.79 Å². The molecule has 1 atom stereocenters. The number of pyridine rings is 1. The van der Waals surface area contributed by atoms with Crippen LogP contribution in [-0.2, 0) is 0 Å². The van der Waals surface area contributed by atoms with Crippen LogP contribution < -0.4 is 15.8 Å². The lowest BCUT2D eigenvalue weighted by Crippen LogP contribution is -2.13. The Labute approximate surface area is 167 Å². The first-order chi connectivity index (χ1) is 13.5. The summed E-state index contributed by atoms with van der Waals surface area (Å²) in [6.45, 7) is 1.86. The number of hydrogen-bond donors (Lipinski definition) is 2. The summed E-state index contributed by atoms with van der Waals surface area (Å²) in [5.41, 5.74) is 8.11. The van der Waals surface area contributed by atoms with Crippen LogP contribution in [0.4, 0.5) is 11.5 Å². The van der Waals surface area contributed by atoms with Crippen molar-refractivity contribution in [2.45, 2.75) is 13.0 Å². The van der Waals surface area contributed by atoms with Gasteiger partial charge in [-0.05, 0) is 42.8 Å². The lowest BCUT2D eigenvalue weighted by Gasteiger charge is -2.17. The molecule has 1 aromatic heterocycles. The zero-order chi connectivity index (χ0) is 20.1. The molecule has 3 N–H and O–H groups in total. The number of amides is 1. The van der Waals surface area contributed by atoms with Crippen molar-refractivity contribution >= 4 is 29.0 Å². The van der Waals surface area contributed by atoms with E-state index < -0.39 is 0 Å². The number of aromatic nitrogens is 1. The molecule has 28 heavy (non-hydrogen) atoms. The first-order valence-electron chi connectivity index (χ1n) is 8.45. The molecule has 3 aromatic rings. The quantitative estimate of drug-likeness (QED) is 0.661.